The molecule has 0 spiro atoms. The molecule has 0 atom stereocenters. The second-order valence-electron chi connectivity index (χ2n) is 9.07. The summed E-state index contributed by atoms with van der Waals surface area (Å²) in [4.78, 5) is 21.8. The third-order valence-corrected chi connectivity index (χ3v) is 6.85. The number of likely N-dealkylation sites (N-methyl/N-ethyl adjacent to an activating group) is 1. The number of carbonyl (C=O) groups excluding carboxylic acids is 1. The van der Waals surface area contributed by atoms with E-state index >= 15 is 0 Å². The fourth-order valence-electron chi connectivity index (χ4n) is 4.29. The number of nitrogens with zero attached hydrogens (tertiary/aromatic N) is 3. The Balaban J connectivity index is 1.26. The highest BCUT2D eigenvalue weighted by Gasteiger charge is 2.16. The van der Waals surface area contributed by atoms with E-state index in [1.54, 1.807) is 36.5 Å². The summed E-state index contributed by atoms with van der Waals surface area (Å²) in [5.41, 5.74) is 2.97. The number of halogens is 2. The van der Waals surface area contributed by atoms with E-state index in [1.807, 2.05) is 36.4 Å². The summed E-state index contributed by atoms with van der Waals surface area (Å²) in [5, 5.41) is 7.73. The maximum atomic E-state index is 12.8. The number of nitrogens with one attached hydrogen (secondary N) is 2. The van der Waals surface area contributed by atoms with Gasteiger partial charge >= 0.3 is 6.03 Å². The highest BCUT2D eigenvalue weighted by molar-refractivity contribution is 6.31. The van der Waals surface area contributed by atoms with Crippen LogP contribution in [-0.2, 0) is 6.54 Å². The van der Waals surface area contributed by atoms with Gasteiger partial charge in [-0.1, -0.05) is 35.3 Å². The predicted molar refractivity (Wildman–Crippen MR) is 150 cm³/mol. The lowest BCUT2D eigenvalue weighted by atomic mass is 10.1. The highest BCUT2D eigenvalue weighted by Crippen LogP contribution is 2.32. The number of carbonyl (C=O) groups is 1. The molecule has 3 aromatic carbocycles. The normalized spacial score (nSPS) is 14.5. The van der Waals surface area contributed by atoms with E-state index < -0.39 is 6.03 Å². The molecule has 0 unspecified atom stereocenters. The van der Waals surface area contributed by atoms with Crippen LogP contribution in [0.3, 0.4) is 0 Å². The number of hydrogen-bond acceptors (Lipinski definition) is 5. The van der Waals surface area contributed by atoms with Crippen molar-refractivity contribution in [3.63, 3.8) is 0 Å². The number of piperazine rings is 1. The highest BCUT2D eigenvalue weighted by atomic mass is 35.5. The first-order valence-corrected chi connectivity index (χ1v) is 12.8. The molecule has 0 saturated carbocycles. The van der Waals surface area contributed by atoms with Crippen LogP contribution in [0, 0.1) is 0 Å². The van der Waals surface area contributed by atoms with Crippen LogP contribution in [0.1, 0.15) is 5.56 Å². The molecule has 4 aromatic rings. The van der Waals surface area contributed by atoms with Gasteiger partial charge in [0, 0.05) is 71.8 Å². The van der Waals surface area contributed by atoms with Gasteiger partial charge in [0.1, 0.15) is 11.5 Å². The molecule has 1 fully saturated rings. The zero-order valence-electron chi connectivity index (χ0n) is 20.4. The molecule has 1 aliphatic heterocycles. The van der Waals surface area contributed by atoms with Crippen molar-refractivity contribution in [2.24, 2.45) is 0 Å². The molecule has 2 heterocycles. The second-order valence-corrected chi connectivity index (χ2v) is 9.91. The van der Waals surface area contributed by atoms with Crippen molar-refractivity contribution in [1.29, 1.82) is 0 Å². The van der Waals surface area contributed by atoms with Crippen molar-refractivity contribution in [2.45, 2.75) is 6.54 Å². The minimum absolute atomic E-state index is 0.393. The molecule has 0 radical (unpaired) electrons. The molecule has 2 amide bonds. The number of benzene rings is 3. The third kappa shape index (κ3) is 6.50. The summed E-state index contributed by atoms with van der Waals surface area (Å²) in [7, 11) is 2.13. The number of amides is 2. The van der Waals surface area contributed by atoms with E-state index in [1.165, 1.54) is 0 Å². The van der Waals surface area contributed by atoms with Crippen LogP contribution in [0.4, 0.5) is 16.2 Å². The van der Waals surface area contributed by atoms with Crippen LogP contribution < -0.4 is 15.4 Å². The van der Waals surface area contributed by atoms with E-state index in [0.29, 0.717) is 32.9 Å². The molecule has 190 valence electrons. The minimum Gasteiger partial charge on any atom is -0.456 e. The number of hydrogen-bond donors (Lipinski definition) is 2. The zero-order chi connectivity index (χ0) is 25.8. The Kier molecular flexibility index (Phi) is 7.76. The van der Waals surface area contributed by atoms with E-state index in [9.17, 15) is 4.79 Å². The van der Waals surface area contributed by atoms with Gasteiger partial charge in [0.05, 0.1) is 5.52 Å². The Morgan fingerprint density at radius 2 is 1.73 bits per heavy atom. The molecular weight excluding hydrogens is 509 g/mol. The first-order chi connectivity index (χ1) is 17.9. The Morgan fingerprint density at radius 3 is 2.57 bits per heavy atom. The molecule has 1 aliphatic rings. The van der Waals surface area contributed by atoms with E-state index in [-0.39, 0.29) is 0 Å². The summed E-state index contributed by atoms with van der Waals surface area (Å²) in [6, 6.07) is 19.7. The Hall–Kier alpha value is -3.36. The van der Waals surface area contributed by atoms with Gasteiger partial charge in [-0.25, -0.2) is 4.79 Å². The molecule has 1 saturated heterocycles. The minimum atomic E-state index is -0.393. The summed E-state index contributed by atoms with van der Waals surface area (Å²) in [6.45, 7) is 4.77. The quantitative estimate of drug-likeness (QED) is 0.286. The molecule has 37 heavy (non-hydrogen) atoms. The van der Waals surface area contributed by atoms with Crippen molar-refractivity contribution in [3.05, 3.63) is 88.5 Å². The standard InChI is InChI=1S/C28H27Cl2N5O2/c1-34-10-12-35(13-11-34)18-19-14-21(6-7-25(19)30)32-28(36)33-22-15-20(29)16-23(17-22)37-27-8-9-31-26-5-3-2-4-24(26)27/h2-9,14-17H,10-13,18H2,1H3,(H2,32,33,36). The predicted octanol–water partition coefficient (Wildman–Crippen LogP) is 6.73. The first kappa shape index (κ1) is 25.3. The lowest BCUT2D eigenvalue weighted by Gasteiger charge is -2.32. The summed E-state index contributed by atoms with van der Waals surface area (Å²) < 4.78 is 6.10. The van der Waals surface area contributed by atoms with Crippen LogP contribution in [-0.4, -0.2) is 54.0 Å². The second kappa shape index (κ2) is 11.4. The molecule has 0 aliphatic carbocycles. The van der Waals surface area contributed by atoms with Gasteiger partial charge in [-0.3, -0.25) is 9.88 Å². The zero-order valence-corrected chi connectivity index (χ0v) is 21.9. The van der Waals surface area contributed by atoms with Gasteiger partial charge in [-0.05, 0) is 61.1 Å². The largest absolute Gasteiger partial charge is 0.456 e. The number of pyridine rings is 1. The van der Waals surface area contributed by atoms with Crippen LogP contribution in [0.25, 0.3) is 10.9 Å². The van der Waals surface area contributed by atoms with E-state index in [2.05, 4.69) is 32.5 Å². The van der Waals surface area contributed by atoms with E-state index in [4.69, 9.17) is 27.9 Å². The fourth-order valence-corrected chi connectivity index (χ4v) is 4.70. The van der Waals surface area contributed by atoms with Crippen molar-refractivity contribution in [1.82, 2.24) is 14.8 Å². The summed E-state index contributed by atoms with van der Waals surface area (Å²) in [5.74, 6) is 1.15. The molecular formula is C28H27Cl2N5O2. The lowest BCUT2D eigenvalue weighted by Crippen LogP contribution is -2.43. The first-order valence-electron chi connectivity index (χ1n) is 12.0. The van der Waals surface area contributed by atoms with Crippen LogP contribution in [0.15, 0.2) is 72.9 Å². The topological polar surface area (TPSA) is 69.7 Å². The summed E-state index contributed by atoms with van der Waals surface area (Å²) >= 11 is 12.8. The molecule has 0 bridgehead atoms. The maximum absolute atomic E-state index is 12.8. The van der Waals surface area contributed by atoms with Crippen molar-refractivity contribution < 1.29 is 9.53 Å². The SMILES string of the molecule is CN1CCN(Cc2cc(NC(=O)Nc3cc(Cl)cc(Oc4ccnc5ccccc45)c3)ccc2Cl)CC1. The Bertz CT molecular complexity index is 1420. The maximum Gasteiger partial charge on any atom is 0.323 e. The molecule has 7 nitrogen and oxygen atoms in total. The Labute approximate surface area is 225 Å². The van der Waals surface area contributed by atoms with Crippen molar-refractivity contribution in [3.8, 4) is 11.5 Å². The van der Waals surface area contributed by atoms with Gasteiger partial charge in [-0.2, -0.15) is 0 Å². The Morgan fingerprint density at radius 1 is 0.946 bits per heavy atom. The number of rotatable bonds is 6. The van der Waals surface area contributed by atoms with Gasteiger partial charge in [-0.15, -0.1) is 0 Å². The van der Waals surface area contributed by atoms with Gasteiger partial charge in [0.15, 0.2) is 0 Å². The average molecular weight is 536 g/mol. The van der Waals surface area contributed by atoms with Gasteiger partial charge in [0.2, 0.25) is 0 Å². The number of urea groups is 1. The number of fused-ring (bicyclic) bond motifs is 1. The van der Waals surface area contributed by atoms with Crippen molar-refractivity contribution in [2.75, 3.05) is 43.9 Å². The molecule has 9 heteroatoms. The summed E-state index contributed by atoms with van der Waals surface area (Å²) in [6.07, 6.45) is 1.69. The monoisotopic (exact) mass is 535 g/mol. The van der Waals surface area contributed by atoms with Crippen LogP contribution >= 0.6 is 23.2 Å². The lowest BCUT2D eigenvalue weighted by molar-refractivity contribution is 0.148. The number of anilines is 2. The molecule has 5 rings (SSSR count). The van der Waals surface area contributed by atoms with Gasteiger partial charge in [0.25, 0.3) is 0 Å². The smallest absolute Gasteiger partial charge is 0.323 e. The number of ether oxygens (including phenoxy) is 1. The molecule has 1 aromatic heterocycles. The van der Waals surface area contributed by atoms with Crippen LogP contribution in [0.5, 0.6) is 11.5 Å². The van der Waals surface area contributed by atoms with Crippen molar-refractivity contribution >= 4 is 51.5 Å². The number of aromatic nitrogens is 1. The fraction of sp³-hybridized carbons (Fsp3) is 0.214. The van der Waals surface area contributed by atoms with Gasteiger partial charge < -0.3 is 20.3 Å². The van der Waals surface area contributed by atoms with Crippen LogP contribution in [0.2, 0.25) is 10.0 Å². The molecule has 2 N–H and O–H groups in total. The van der Waals surface area contributed by atoms with E-state index in [0.717, 1.165) is 49.2 Å². The number of para-hydroxylation sites is 1. The third-order valence-electron chi connectivity index (χ3n) is 6.26. The average Bonchev–Trinajstić information content (AvgIpc) is 2.87.